The fraction of sp³-hybridized carbons (Fsp3) is 0.286. The third-order valence-electron chi connectivity index (χ3n) is 8.72. The highest BCUT2D eigenvalue weighted by molar-refractivity contribution is 5.39. The first-order chi connectivity index (χ1) is 23.5. The summed E-state index contributed by atoms with van der Waals surface area (Å²) in [5.74, 6) is -0.945. The molecule has 1 fully saturated rings. The molecule has 0 saturated carbocycles. The molecule has 5 aromatic rings. The molecule has 4 atom stereocenters. The van der Waals surface area contributed by atoms with Crippen LogP contribution < -0.4 is 4.74 Å². The topological polar surface area (TPSA) is 66.4 Å². The molecule has 48 heavy (non-hydrogen) atoms. The van der Waals surface area contributed by atoms with Crippen LogP contribution in [-0.2, 0) is 51.0 Å². The first-order valence-corrected chi connectivity index (χ1v) is 16.7. The lowest BCUT2D eigenvalue weighted by Crippen LogP contribution is -2.44. The molecular formula is C42H44O6. The minimum atomic E-state index is -1.79. The molecule has 1 unspecified atom stereocenters. The Morgan fingerprint density at radius 2 is 1.25 bits per heavy atom. The molecule has 5 aromatic carbocycles. The van der Waals surface area contributed by atoms with Crippen LogP contribution in [0.15, 0.2) is 133 Å². The summed E-state index contributed by atoms with van der Waals surface area (Å²) < 4.78 is 31.7. The standard InChI is InChI=1S/C42H44O6/c1-3-45-38-23-20-32(21-24-38)25-36-26-37(22-19-31(36)2)42(43)41(47-29-35-17-11-6-12-18-35)40(46-28-34-15-9-5-10-16-34)39(48-42)30-44-27-33-13-7-4-8-14-33/h4-24,26,39-41,43H,3,25,27-30H2,1-2H3/t39-,40-,41+,42?/m0/s1. The maximum Gasteiger partial charge on any atom is 0.222 e. The van der Waals surface area contributed by atoms with Gasteiger partial charge in [0, 0.05) is 5.56 Å². The Morgan fingerprint density at radius 1 is 0.667 bits per heavy atom. The molecule has 1 N–H and O–H groups in total. The highest BCUT2D eigenvalue weighted by Crippen LogP contribution is 2.42. The van der Waals surface area contributed by atoms with Gasteiger partial charge in [-0.15, -0.1) is 0 Å². The lowest BCUT2D eigenvalue weighted by Gasteiger charge is -2.31. The number of ether oxygens (including phenoxy) is 5. The normalized spacial score (nSPS) is 20.5. The lowest BCUT2D eigenvalue weighted by molar-refractivity contribution is -0.253. The van der Waals surface area contributed by atoms with Crippen molar-refractivity contribution in [1.82, 2.24) is 0 Å². The molecular weight excluding hydrogens is 600 g/mol. The number of aliphatic hydroxyl groups is 1. The van der Waals surface area contributed by atoms with Gasteiger partial charge in [0.25, 0.3) is 0 Å². The van der Waals surface area contributed by atoms with Gasteiger partial charge >= 0.3 is 0 Å². The molecule has 1 saturated heterocycles. The summed E-state index contributed by atoms with van der Waals surface area (Å²) in [6.45, 7) is 5.94. The van der Waals surface area contributed by atoms with E-state index in [2.05, 4.69) is 19.1 Å². The van der Waals surface area contributed by atoms with Crippen LogP contribution in [0.5, 0.6) is 5.75 Å². The van der Waals surface area contributed by atoms with Gasteiger partial charge in [0.1, 0.15) is 24.1 Å². The second kappa shape index (κ2) is 16.2. The Labute approximate surface area is 283 Å². The Balaban J connectivity index is 1.31. The summed E-state index contributed by atoms with van der Waals surface area (Å²) in [5.41, 5.74) is 7.04. The summed E-state index contributed by atoms with van der Waals surface area (Å²) in [7, 11) is 0. The minimum absolute atomic E-state index is 0.215. The number of hydrogen-bond acceptors (Lipinski definition) is 6. The third-order valence-corrected chi connectivity index (χ3v) is 8.72. The van der Waals surface area contributed by atoms with Gasteiger partial charge in [-0.3, -0.25) is 0 Å². The van der Waals surface area contributed by atoms with E-state index in [0.717, 1.165) is 39.1 Å². The zero-order valence-corrected chi connectivity index (χ0v) is 27.7. The van der Waals surface area contributed by atoms with E-state index in [0.29, 0.717) is 31.8 Å². The summed E-state index contributed by atoms with van der Waals surface area (Å²) in [5, 5.41) is 12.6. The molecule has 1 aliphatic heterocycles. The minimum Gasteiger partial charge on any atom is -0.494 e. The van der Waals surface area contributed by atoms with E-state index in [-0.39, 0.29) is 13.2 Å². The molecule has 0 spiro atoms. The first kappa shape index (κ1) is 33.6. The summed E-state index contributed by atoms with van der Waals surface area (Å²) >= 11 is 0. The number of aryl methyl sites for hydroxylation is 1. The summed E-state index contributed by atoms with van der Waals surface area (Å²) in [6.07, 6.45) is -1.37. The van der Waals surface area contributed by atoms with Gasteiger partial charge in [0.2, 0.25) is 5.79 Å². The molecule has 6 rings (SSSR count). The van der Waals surface area contributed by atoms with Gasteiger partial charge in [-0.1, -0.05) is 115 Å². The van der Waals surface area contributed by atoms with Crippen molar-refractivity contribution in [2.75, 3.05) is 13.2 Å². The fourth-order valence-corrected chi connectivity index (χ4v) is 6.12. The lowest BCUT2D eigenvalue weighted by atomic mass is 9.92. The largest absolute Gasteiger partial charge is 0.494 e. The molecule has 0 aliphatic carbocycles. The molecule has 6 heteroatoms. The van der Waals surface area contributed by atoms with Gasteiger partial charge in [-0.05, 0) is 71.8 Å². The Hall–Kier alpha value is -4.30. The van der Waals surface area contributed by atoms with Crippen molar-refractivity contribution in [3.8, 4) is 5.75 Å². The molecule has 1 aliphatic rings. The molecule has 6 nitrogen and oxygen atoms in total. The van der Waals surface area contributed by atoms with Gasteiger partial charge < -0.3 is 28.8 Å². The molecule has 1 heterocycles. The number of benzene rings is 5. The third kappa shape index (κ3) is 8.40. The number of hydrogen-bond donors (Lipinski definition) is 1. The second-order valence-electron chi connectivity index (χ2n) is 12.2. The van der Waals surface area contributed by atoms with Crippen LogP contribution in [0.4, 0.5) is 0 Å². The van der Waals surface area contributed by atoms with E-state index in [4.69, 9.17) is 23.7 Å². The molecule has 248 valence electrons. The van der Waals surface area contributed by atoms with Crippen LogP contribution in [0.1, 0.15) is 45.9 Å². The Kier molecular flexibility index (Phi) is 11.3. The zero-order valence-electron chi connectivity index (χ0n) is 27.7. The van der Waals surface area contributed by atoms with Gasteiger partial charge in [0.15, 0.2) is 0 Å². The van der Waals surface area contributed by atoms with Crippen molar-refractivity contribution in [3.05, 3.63) is 172 Å². The maximum absolute atomic E-state index is 12.6. The van der Waals surface area contributed by atoms with Crippen LogP contribution in [0, 0.1) is 6.92 Å². The Bertz CT molecular complexity index is 1690. The van der Waals surface area contributed by atoms with Crippen molar-refractivity contribution in [2.45, 2.75) is 64.2 Å². The van der Waals surface area contributed by atoms with Crippen LogP contribution in [0.2, 0.25) is 0 Å². The van der Waals surface area contributed by atoms with Crippen molar-refractivity contribution < 1.29 is 28.8 Å². The van der Waals surface area contributed by atoms with Crippen molar-refractivity contribution in [3.63, 3.8) is 0 Å². The first-order valence-electron chi connectivity index (χ1n) is 16.7. The van der Waals surface area contributed by atoms with Crippen LogP contribution >= 0.6 is 0 Å². The van der Waals surface area contributed by atoms with E-state index in [1.54, 1.807) is 0 Å². The predicted molar refractivity (Wildman–Crippen MR) is 187 cm³/mol. The van der Waals surface area contributed by atoms with Crippen molar-refractivity contribution in [1.29, 1.82) is 0 Å². The summed E-state index contributed by atoms with van der Waals surface area (Å²) in [6, 6.07) is 44.1. The fourth-order valence-electron chi connectivity index (χ4n) is 6.12. The van der Waals surface area contributed by atoms with E-state index in [1.807, 2.05) is 128 Å². The summed E-state index contributed by atoms with van der Waals surface area (Å²) in [4.78, 5) is 0. The van der Waals surface area contributed by atoms with E-state index in [1.165, 1.54) is 0 Å². The average Bonchev–Trinajstić information content (AvgIpc) is 3.40. The highest BCUT2D eigenvalue weighted by Gasteiger charge is 2.57. The highest BCUT2D eigenvalue weighted by atomic mass is 16.7. The molecule has 0 bridgehead atoms. The van der Waals surface area contributed by atoms with Gasteiger partial charge in [-0.25, -0.2) is 0 Å². The quantitative estimate of drug-likeness (QED) is 0.125. The smallest absolute Gasteiger partial charge is 0.222 e. The number of rotatable bonds is 15. The van der Waals surface area contributed by atoms with E-state index in [9.17, 15) is 5.11 Å². The molecule has 0 aromatic heterocycles. The SMILES string of the molecule is CCOc1ccc(Cc2cc(C3(O)O[C@@H](COCc4ccccc4)[C@H](OCc4ccccc4)[C@H]3OCc3ccccc3)ccc2C)cc1. The molecule has 0 amide bonds. The van der Waals surface area contributed by atoms with Crippen LogP contribution in [0.25, 0.3) is 0 Å². The van der Waals surface area contributed by atoms with Crippen molar-refractivity contribution in [2.24, 2.45) is 0 Å². The van der Waals surface area contributed by atoms with Crippen LogP contribution in [-0.4, -0.2) is 36.6 Å². The van der Waals surface area contributed by atoms with E-state index >= 15 is 0 Å². The molecule has 0 radical (unpaired) electrons. The Morgan fingerprint density at radius 3 is 1.85 bits per heavy atom. The van der Waals surface area contributed by atoms with Gasteiger partial charge in [0.05, 0.1) is 33.0 Å². The predicted octanol–water partition coefficient (Wildman–Crippen LogP) is 7.92. The monoisotopic (exact) mass is 644 g/mol. The van der Waals surface area contributed by atoms with Crippen molar-refractivity contribution >= 4 is 0 Å². The van der Waals surface area contributed by atoms with Crippen LogP contribution in [0.3, 0.4) is 0 Å². The maximum atomic E-state index is 12.6. The van der Waals surface area contributed by atoms with E-state index < -0.39 is 24.1 Å². The van der Waals surface area contributed by atoms with Gasteiger partial charge in [-0.2, -0.15) is 0 Å². The zero-order chi connectivity index (χ0) is 33.2. The second-order valence-corrected chi connectivity index (χ2v) is 12.2. The average molecular weight is 645 g/mol.